The first-order valence-electron chi connectivity index (χ1n) is 5.78. The van der Waals surface area contributed by atoms with E-state index < -0.39 is 5.97 Å². The van der Waals surface area contributed by atoms with Gasteiger partial charge in [0.05, 0.1) is 7.11 Å². The van der Waals surface area contributed by atoms with Gasteiger partial charge in [-0.3, -0.25) is 0 Å². The van der Waals surface area contributed by atoms with Gasteiger partial charge in [-0.25, -0.2) is 4.79 Å². The Morgan fingerprint density at radius 2 is 1.74 bits per heavy atom. The van der Waals surface area contributed by atoms with Gasteiger partial charge in [0.2, 0.25) is 0 Å². The predicted octanol–water partition coefficient (Wildman–Crippen LogP) is 2.69. The molecular formula is C15H14O4. The Morgan fingerprint density at radius 1 is 1.11 bits per heavy atom. The minimum atomic E-state index is -1.13. The molecule has 2 rings (SSSR count). The number of ether oxygens (including phenoxy) is 1. The van der Waals surface area contributed by atoms with E-state index in [9.17, 15) is 9.90 Å². The lowest BCUT2D eigenvalue weighted by molar-refractivity contribution is 0.0693. The number of phenols is 1. The summed E-state index contributed by atoms with van der Waals surface area (Å²) < 4.78 is 5.08. The second kappa shape index (κ2) is 5.44. The highest BCUT2D eigenvalue weighted by Gasteiger charge is 2.09. The summed E-state index contributed by atoms with van der Waals surface area (Å²) in [7, 11) is 1.61. The minimum absolute atomic E-state index is 0.0847. The van der Waals surface area contributed by atoms with Crippen molar-refractivity contribution in [2.45, 2.75) is 6.42 Å². The van der Waals surface area contributed by atoms with Gasteiger partial charge in [-0.15, -0.1) is 0 Å². The van der Waals surface area contributed by atoms with Crippen molar-refractivity contribution < 1.29 is 19.7 Å². The largest absolute Gasteiger partial charge is 0.507 e. The van der Waals surface area contributed by atoms with E-state index in [-0.39, 0.29) is 11.3 Å². The molecular weight excluding hydrogens is 244 g/mol. The van der Waals surface area contributed by atoms with Crippen LogP contribution in [0.2, 0.25) is 0 Å². The monoisotopic (exact) mass is 258 g/mol. The van der Waals surface area contributed by atoms with Crippen molar-refractivity contribution in [3.8, 4) is 11.5 Å². The van der Waals surface area contributed by atoms with Crippen molar-refractivity contribution in [3.63, 3.8) is 0 Å². The molecule has 0 radical (unpaired) electrons. The number of hydrogen-bond donors (Lipinski definition) is 2. The second-order valence-corrected chi connectivity index (χ2v) is 4.18. The van der Waals surface area contributed by atoms with Crippen LogP contribution in [-0.4, -0.2) is 23.3 Å². The van der Waals surface area contributed by atoms with Gasteiger partial charge in [-0.05, 0) is 41.8 Å². The Hall–Kier alpha value is -2.49. The molecule has 98 valence electrons. The zero-order valence-corrected chi connectivity index (χ0v) is 10.5. The van der Waals surface area contributed by atoms with Gasteiger partial charge in [-0.2, -0.15) is 0 Å². The van der Waals surface area contributed by atoms with Gasteiger partial charge in [0.15, 0.2) is 0 Å². The van der Waals surface area contributed by atoms with E-state index in [1.807, 2.05) is 24.3 Å². The summed E-state index contributed by atoms with van der Waals surface area (Å²) in [5.74, 6) is -0.556. The van der Waals surface area contributed by atoms with Gasteiger partial charge in [0, 0.05) is 0 Å². The normalized spacial score (nSPS) is 10.2. The highest BCUT2D eigenvalue weighted by Crippen LogP contribution is 2.21. The number of aromatic carboxylic acids is 1. The van der Waals surface area contributed by atoms with Gasteiger partial charge in [0.1, 0.15) is 17.1 Å². The molecule has 2 aromatic carbocycles. The molecule has 4 heteroatoms. The van der Waals surface area contributed by atoms with Crippen LogP contribution >= 0.6 is 0 Å². The smallest absolute Gasteiger partial charge is 0.339 e. The fraction of sp³-hybridized carbons (Fsp3) is 0.133. The van der Waals surface area contributed by atoms with Crippen LogP contribution in [0.3, 0.4) is 0 Å². The molecule has 0 aliphatic carbocycles. The first-order chi connectivity index (χ1) is 9.10. The predicted molar refractivity (Wildman–Crippen MR) is 70.9 cm³/mol. The Morgan fingerprint density at radius 3 is 2.26 bits per heavy atom. The first kappa shape index (κ1) is 13.0. The number of methoxy groups -OCH3 is 1. The molecule has 2 N–H and O–H groups in total. The van der Waals surface area contributed by atoms with E-state index in [4.69, 9.17) is 9.84 Å². The lowest BCUT2D eigenvalue weighted by Crippen LogP contribution is -1.97. The number of carboxylic acid groups (broad SMARTS) is 1. The molecule has 2 aromatic rings. The standard InChI is InChI=1S/C15H14O4/c1-19-12-5-2-10(3-6-12)8-11-4-7-13(15(17)18)14(16)9-11/h2-7,9,16H,8H2,1H3,(H,17,18). The van der Waals surface area contributed by atoms with Crippen LogP contribution in [0.25, 0.3) is 0 Å². The van der Waals surface area contributed by atoms with Crippen molar-refractivity contribution in [1.82, 2.24) is 0 Å². The molecule has 0 fully saturated rings. The van der Waals surface area contributed by atoms with E-state index in [2.05, 4.69) is 0 Å². The quantitative estimate of drug-likeness (QED) is 0.884. The van der Waals surface area contributed by atoms with Crippen molar-refractivity contribution in [3.05, 3.63) is 59.2 Å². The van der Waals surface area contributed by atoms with Gasteiger partial charge in [-0.1, -0.05) is 18.2 Å². The first-order valence-corrected chi connectivity index (χ1v) is 5.78. The van der Waals surface area contributed by atoms with E-state index in [0.29, 0.717) is 6.42 Å². The van der Waals surface area contributed by atoms with E-state index in [1.165, 1.54) is 12.1 Å². The zero-order valence-electron chi connectivity index (χ0n) is 10.5. The number of aromatic hydroxyl groups is 1. The van der Waals surface area contributed by atoms with Gasteiger partial charge >= 0.3 is 5.97 Å². The summed E-state index contributed by atoms with van der Waals surface area (Å²) in [6, 6.07) is 12.2. The molecule has 0 aromatic heterocycles. The number of carbonyl (C=O) groups is 1. The van der Waals surface area contributed by atoms with Gasteiger partial charge < -0.3 is 14.9 Å². The van der Waals surface area contributed by atoms with Crippen LogP contribution in [-0.2, 0) is 6.42 Å². The lowest BCUT2D eigenvalue weighted by Gasteiger charge is -2.06. The Bertz CT molecular complexity index is 588. The van der Waals surface area contributed by atoms with Crippen LogP contribution in [0.1, 0.15) is 21.5 Å². The summed E-state index contributed by atoms with van der Waals surface area (Å²) in [4.78, 5) is 10.8. The highest BCUT2D eigenvalue weighted by atomic mass is 16.5. The summed E-state index contributed by atoms with van der Waals surface area (Å²) in [5, 5.41) is 18.5. The number of benzene rings is 2. The molecule has 0 bridgehead atoms. The van der Waals surface area contributed by atoms with Crippen molar-refractivity contribution in [2.24, 2.45) is 0 Å². The van der Waals surface area contributed by atoms with E-state index >= 15 is 0 Å². The fourth-order valence-electron chi connectivity index (χ4n) is 1.85. The van der Waals surface area contributed by atoms with E-state index in [0.717, 1.165) is 16.9 Å². The minimum Gasteiger partial charge on any atom is -0.507 e. The molecule has 0 saturated heterocycles. The van der Waals surface area contributed by atoms with Crippen LogP contribution in [0.15, 0.2) is 42.5 Å². The molecule has 4 nitrogen and oxygen atoms in total. The van der Waals surface area contributed by atoms with Crippen LogP contribution in [0.5, 0.6) is 11.5 Å². The molecule has 0 unspecified atom stereocenters. The third-order valence-electron chi connectivity index (χ3n) is 2.86. The second-order valence-electron chi connectivity index (χ2n) is 4.18. The maximum absolute atomic E-state index is 10.8. The highest BCUT2D eigenvalue weighted by molar-refractivity contribution is 5.90. The molecule has 0 heterocycles. The average molecular weight is 258 g/mol. The summed E-state index contributed by atoms with van der Waals surface area (Å²) in [6.07, 6.45) is 0.622. The summed E-state index contributed by atoms with van der Waals surface area (Å²) in [6.45, 7) is 0. The Balaban J connectivity index is 2.18. The SMILES string of the molecule is COc1ccc(Cc2ccc(C(=O)O)c(O)c2)cc1. The van der Waals surface area contributed by atoms with Crippen molar-refractivity contribution >= 4 is 5.97 Å². The molecule has 0 atom stereocenters. The lowest BCUT2D eigenvalue weighted by atomic mass is 10.0. The Labute approximate surface area is 110 Å². The molecule has 0 aliphatic rings. The summed E-state index contributed by atoms with van der Waals surface area (Å²) in [5.41, 5.74) is 1.83. The number of hydrogen-bond acceptors (Lipinski definition) is 3. The number of carboxylic acids is 1. The zero-order chi connectivity index (χ0) is 13.8. The maximum Gasteiger partial charge on any atom is 0.339 e. The number of rotatable bonds is 4. The fourth-order valence-corrected chi connectivity index (χ4v) is 1.85. The van der Waals surface area contributed by atoms with E-state index in [1.54, 1.807) is 13.2 Å². The third-order valence-corrected chi connectivity index (χ3v) is 2.86. The van der Waals surface area contributed by atoms with Crippen LogP contribution < -0.4 is 4.74 Å². The van der Waals surface area contributed by atoms with Crippen LogP contribution in [0, 0.1) is 0 Å². The van der Waals surface area contributed by atoms with Crippen LogP contribution in [0.4, 0.5) is 0 Å². The molecule has 19 heavy (non-hydrogen) atoms. The van der Waals surface area contributed by atoms with Crippen molar-refractivity contribution in [2.75, 3.05) is 7.11 Å². The topological polar surface area (TPSA) is 66.8 Å². The molecule has 0 aliphatic heterocycles. The summed E-state index contributed by atoms with van der Waals surface area (Å²) >= 11 is 0. The maximum atomic E-state index is 10.8. The van der Waals surface area contributed by atoms with Crippen molar-refractivity contribution in [1.29, 1.82) is 0 Å². The third kappa shape index (κ3) is 3.04. The van der Waals surface area contributed by atoms with Gasteiger partial charge in [0.25, 0.3) is 0 Å². The molecule has 0 saturated carbocycles. The average Bonchev–Trinajstić information content (AvgIpc) is 2.39. The molecule has 0 amide bonds. The molecule has 0 spiro atoms. The Kier molecular flexibility index (Phi) is 3.71.